The van der Waals surface area contributed by atoms with Crippen molar-refractivity contribution in [2.45, 2.75) is 31.7 Å². The Bertz CT molecular complexity index is 974. The lowest BCUT2D eigenvalue weighted by atomic mass is 10.0. The van der Waals surface area contributed by atoms with Crippen LogP contribution in [0.15, 0.2) is 44.8 Å². The lowest BCUT2D eigenvalue weighted by Gasteiger charge is -2.12. The minimum absolute atomic E-state index is 0.235. The summed E-state index contributed by atoms with van der Waals surface area (Å²) >= 11 is 4.85. The zero-order valence-corrected chi connectivity index (χ0v) is 16.2. The average molecular weight is 404 g/mol. The minimum Gasteiger partial charge on any atom is -0.334 e. The van der Waals surface area contributed by atoms with Crippen LogP contribution in [-0.4, -0.2) is 9.66 Å². The Labute approximate surface area is 153 Å². The lowest BCUT2D eigenvalue weighted by Crippen LogP contribution is -2.29. The first-order valence-corrected chi connectivity index (χ1v) is 9.31. The van der Waals surface area contributed by atoms with Crippen LogP contribution in [0.25, 0.3) is 10.9 Å². The number of rotatable bonds is 3. The maximum Gasteiger partial charge on any atom is 0.280 e. The van der Waals surface area contributed by atoms with E-state index in [0.29, 0.717) is 16.1 Å². The highest BCUT2D eigenvalue weighted by Gasteiger charge is 2.12. The number of thioether (sulfide) groups is 1. The fourth-order valence-corrected chi connectivity index (χ4v) is 4.30. The Morgan fingerprint density at radius 3 is 2.50 bits per heavy atom. The summed E-state index contributed by atoms with van der Waals surface area (Å²) in [6, 6.07) is 9.79. The zero-order chi connectivity index (χ0) is 17.4. The molecule has 3 rings (SSSR count). The molecular weight excluding hydrogens is 386 g/mol. The van der Waals surface area contributed by atoms with Gasteiger partial charge in [0.25, 0.3) is 5.56 Å². The predicted molar refractivity (Wildman–Crippen MR) is 104 cm³/mol. The van der Waals surface area contributed by atoms with Gasteiger partial charge in [0, 0.05) is 10.2 Å². The first-order chi connectivity index (χ1) is 11.4. The van der Waals surface area contributed by atoms with E-state index in [1.54, 1.807) is 6.07 Å². The van der Waals surface area contributed by atoms with Crippen molar-refractivity contribution in [3.8, 4) is 0 Å². The molecule has 4 nitrogen and oxygen atoms in total. The molecule has 1 aromatic heterocycles. The van der Waals surface area contributed by atoms with Crippen LogP contribution in [0.4, 0.5) is 0 Å². The highest BCUT2D eigenvalue weighted by Crippen LogP contribution is 2.26. The van der Waals surface area contributed by atoms with Gasteiger partial charge in [0.05, 0.1) is 10.9 Å². The van der Waals surface area contributed by atoms with E-state index in [0.717, 1.165) is 14.9 Å². The summed E-state index contributed by atoms with van der Waals surface area (Å²) in [4.78, 5) is 17.0. The number of hydrogen-bond donors (Lipinski definition) is 1. The van der Waals surface area contributed by atoms with Gasteiger partial charge in [0.15, 0.2) is 5.16 Å². The number of halogens is 1. The van der Waals surface area contributed by atoms with Gasteiger partial charge in [-0.25, -0.2) is 9.66 Å². The molecule has 0 aliphatic carbocycles. The van der Waals surface area contributed by atoms with Gasteiger partial charge in [-0.1, -0.05) is 45.4 Å². The van der Waals surface area contributed by atoms with E-state index in [1.807, 2.05) is 12.1 Å². The van der Waals surface area contributed by atoms with Crippen LogP contribution in [0, 0.1) is 20.8 Å². The molecule has 2 aromatic carbocycles. The molecule has 24 heavy (non-hydrogen) atoms. The summed E-state index contributed by atoms with van der Waals surface area (Å²) in [5, 5.41) is 1.04. The predicted octanol–water partition coefficient (Wildman–Crippen LogP) is 4.09. The number of fused-ring (bicyclic) bond motifs is 1. The molecule has 6 heteroatoms. The van der Waals surface area contributed by atoms with Crippen molar-refractivity contribution in [2.24, 2.45) is 0 Å². The first-order valence-electron chi connectivity index (χ1n) is 7.53. The Kier molecular flexibility index (Phi) is 4.69. The van der Waals surface area contributed by atoms with Crippen molar-refractivity contribution in [1.29, 1.82) is 0 Å². The molecule has 0 spiro atoms. The molecule has 0 unspecified atom stereocenters. The molecule has 124 valence electrons. The molecule has 1 heterocycles. The van der Waals surface area contributed by atoms with Crippen LogP contribution >= 0.6 is 27.7 Å². The van der Waals surface area contributed by atoms with E-state index in [1.165, 1.54) is 34.0 Å². The molecule has 0 saturated heterocycles. The van der Waals surface area contributed by atoms with E-state index in [-0.39, 0.29) is 5.56 Å². The number of nitrogen functional groups attached to an aromatic ring is 1. The topological polar surface area (TPSA) is 60.9 Å². The van der Waals surface area contributed by atoms with Crippen LogP contribution in [0.2, 0.25) is 0 Å². The van der Waals surface area contributed by atoms with E-state index >= 15 is 0 Å². The second-order valence-electron chi connectivity index (χ2n) is 5.90. The largest absolute Gasteiger partial charge is 0.334 e. The van der Waals surface area contributed by atoms with E-state index in [9.17, 15) is 4.79 Å². The highest BCUT2D eigenvalue weighted by molar-refractivity contribution is 9.10. The molecule has 0 aliphatic rings. The minimum atomic E-state index is -0.235. The molecule has 3 aromatic rings. The SMILES string of the molecule is Cc1cc(C)c(CSc2nc3ccc(Br)cc3c(=O)n2N)c(C)c1. The Morgan fingerprint density at radius 2 is 1.83 bits per heavy atom. The van der Waals surface area contributed by atoms with Gasteiger partial charge in [-0.3, -0.25) is 4.79 Å². The second-order valence-corrected chi connectivity index (χ2v) is 7.76. The first kappa shape index (κ1) is 17.0. The fourth-order valence-electron chi connectivity index (χ4n) is 2.83. The van der Waals surface area contributed by atoms with Crippen molar-refractivity contribution in [3.05, 3.63) is 67.4 Å². The van der Waals surface area contributed by atoms with Crippen molar-refractivity contribution in [3.63, 3.8) is 0 Å². The summed E-state index contributed by atoms with van der Waals surface area (Å²) in [6.45, 7) is 6.31. The van der Waals surface area contributed by atoms with Crippen molar-refractivity contribution < 1.29 is 0 Å². The zero-order valence-electron chi connectivity index (χ0n) is 13.8. The number of aryl methyl sites for hydroxylation is 3. The van der Waals surface area contributed by atoms with Crippen molar-refractivity contribution >= 4 is 38.6 Å². The van der Waals surface area contributed by atoms with Crippen LogP contribution in [0.1, 0.15) is 22.3 Å². The van der Waals surface area contributed by atoms with Gasteiger partial charge in [-0.15, -0.1) is 0 Å². The lowest BCUT2D eigenvalue weighted by molar-refractivity contribution is 0.779. The number of aromatic nitrogens is 2. The quantitative estimate of drug-likeness (QED) is 0.406. The van der Waals surface area contributed by atoms with Crippen LogP contribution in [-0.2, 0) is 5.75 Å². The molecule has 0 amide bonds. The fraction of sp³-hybridized carbons (Fsp3) is 0.222. The third kappa shape index (κ3) is 3.21. The Hall–Kier alpha value is -1.79. The van der Waals surface area contributed by atoms with Crippen LogP contribution in [0.3, 0.4) is 0 Å². The smallest absolute Gasteiger partial charge is 0.280 e. The molecular formula is C18H18BrN3OS. The van der Waals surface area contributed by atoms with E-state index in [4.69, 9.17) is 5.84 Å². The summed E-state index contributed by atoms with van der Waals surface area (Å²) in [5.41, 5.74) is 5.43. The van der Waals surface area contributed by atoms with Gasteiger partial charge in [0.1, 0.15) is 0 Å². The van der Waals surface area contributed by atoms with Gasteiger partial charge in [-0.2, -0.15) is 0 Å². The number of hydrogen-bond acceptors (Lipinski definition) is 4. The molecule has 0 radical (unpaired) electrons. The normalized spacial score (nSPS) is 11.2. The number of nitrogens with two attached hydrogens (primary N) is 1. The monoisotopic (exact) mass is 403 g/mol. The van der Waals surface area contributed by atoms with Gasteiger partial charge in [0.2, 0.25) is 0 Å². The Morgan fingerprint density at radius 1 is 1.17 bits per heavy atom. The summed E-state index contributed by atoms with van der Waals surface area (Å²) < 4.78 is 1.97. The molecule has 0 bridgehead atoms. The van der Waals surface area contributed by atoms with Crippen molar-refractivity contribution in [1.82, 2.24) is 9.66 Å². The van der Waals surface area contributed by atoms with Gasteiger partial charge >= 0.3 is 0 Å². The van der Waals surface area contributed by atoms with E-state index in [2.05, 4.69) is 53.8 Å². The maximum atomic E-state index is 12.5. The molecule has 2 N–H and O–H groups in total. The second kappa shape index (κ2) is 6.61. The van der Waals surface area contributed by atoms with Gasteiger partial charge < -0.3 is 5.84 Å². The molecule has 0 fully saturated rings. The third-order valence-corrected chi connectivity index (χ3v) is 5.49. The maximum absolute atomic E-state index is 12.5. The summed E-state index contributed by atoms with van der Waals surface area (Å²) in [7, 11) is 0. The average Bonchev–Trinajstić information content (AvgIpc) is 2.51. The summed E-state index contributed by atoms with van der Waals surface area (Å²) in [5.74, 6) is 6.69. The Balaban J connectivity index is 1.98. The van der Waals surface area contributed by atoms with Crippen LogP contribution < -0.4 is 11.4 Å². The molecule has 0 atom stereocenters. The summed E-state index contributed by atoms with van der Waals surface area (Å²) in [6.07, 6.45) is 0. The molecule has 0 aliphatic heterocycles. The number of benzene rings is 2. The van der Waals surface area contributed by atoms with Crippen molar-refractivity contribution in [2.75, 3.05) is 5.84 Å². The molecule has 0 saturated carbocycles. The van der Waals surface area contributed by atoms with Crippen LogP contribution in [0.5, 0.6) is 0 Å². The third-order valence-electron chi connectivity index (χ3n) is 4.02. The standard InChI is InChI=1S/C18H18BrN3OS/c1-10-6-11(2)15(12(3)7-10)9-24-18-21-16-5-4-13(19)8-14(16)17(23)22(18)20/h4-8H,9,20H2,1-3H3. The van der Waals surface area contributed by atoms with E-state index < -0.39 is 0 Å². The number of nitrogens with zero attached hydrogens (tertiary/aromatic N) is 2. The highest BCUT2D eigenvalue weighted by atomic mass is 79.9. The van der Waals surface area contributed by atoms with Gasteiger partial charge in [-0.05, 0) is 55.7 Å².